The van der Waals surface area contributed by atoms with Gasteiger partial charge in [0.2, 0.25) is 5.95 Å². The number of benzene rings is 1. The van der Waals surface area contributed by atoms with Crippen LogP contribution in [0, 0.1) is 12.7 Å². The first-order valence-electron chi connectivity index (χ1n) is 8.49. The highest BCUT2D eigenvalue weighted by atomic mass is 19.1. The average molecular weight is 377 g/mol. The lowest BCUT2D eigenvalue weighted by atomic mass is 10.2. The van der Waals surface area contributed by atoms with Gasteiger partial charge in [0.25, 0.3) is 0 Å². The van der Waals surface area contributed by atoms with E-state index in [0.29, 0.717) is 34.3 Å². The van der Waals surface area contributed by atoms with Crippen LogP contribution in [-0.4, -0.2) is 32.4 Å². The molecular weight excluding hydrogens is 361 g/mol. The number of rotatable bonds is 4. The molecule has 1 aromatic carbocycles. The van der Waals surface area contributed by atoms with Crippen LogP contribution in [0.25, 0.3) is 17.0 Å². The summed E-state index contributed by atoms with van der Waals surface area (Å²) in [7, 11) is 1.34. The third kappa shape index (κ3) is 3.16. The van der Waals surface area contributed by atoms with Crippen LogP contribution in [0.5, 0.6) is 0 Å². The number of halogens is 1. The standard InChI is InChI=1S/C20H16FN5O2/c1-12-17(26-11-3-4-15(21)18(26)23-12)16-9-10-22-20(25-16)24-14-7-5-13(6-8-14)19(27)28-2/h3-11H,1-2H3,(H,22,24,25). The summed E-state index contributed by atoms with van der Waals surface area (Å²) in [6.07, 6.45) is 3.36. The summed E-state index contributed by atoms with van der Waals surface area (Å²) in [5.74, 6) is -0.427. The SMILES string of the molecule is COC(=O)c1ccc(Nc2nccc(-c3c(C)nc4c(F)cccn34)n2)cc1. The van der Waals surface area contributed by atoms with Crippen molar-refractivity contribution in [3.05, 3.63) is 71.9 Å². The number of ether oxygens (including phenoxy) is 1. The maximum absolute atomic E-state index is 14.0. The Morgan fingerprint density at radius 3 is 2.68 bits per heavy atom. The van der Waals surface area contributed by atoms with Gasteiger partial charge in [-0.25, -0.2) is 24.1 Å². The fourth-order valence-electron chi connectivity index (χ4n) is 2.94. The van der Waals surface area contributed by atoms with Crippen molar-refractivity contribution in [1.82, 2.24) is 19.4 Å². The number of hydrogen-bond donors (Lipinski definition) is 1. The topological polar surface area (TPSA) is 81.4 Å². The van der Waals surface area contributed by atoms with Crippen molar-refractivity contribution in [2.24, 2.45) is 0 Å². The molecule has 0 spiro atoms. The van der Waals surface area contributed by atoms with E-state index in [9.17, 15) is 9.18 Å². The molecule has 0 aliphatic rings. The molecule has 0 radical (unpaired) electrons. The van der Waals surface area contributed by atoms with Crippen molar-refractivity contribution in [3.8, 4) is 11.4 Å². The Kier molecular flexibility index (Phi) is 4.44. The summed E-state index contributed by atoms with van der Waals surface area (Å²) in [6, 6.07) is 11.5. The molecule has 8 heteroatoms. The molecule has 0 amide bonds. The van der Waals surface area contributed by atoms with E-state index in [4.69, 9.17) is 0 Å². The first-order valence-corrected chi connectivity index (χ1v) is 8.49. The first-order chi connectivity index (χ1) is 13.6. The van der Waals surface area contributed by atoms with Crippen LogP contribution in [0.1, 0.15) is 16.1 Å². The zero-order valence-corrected chi connectivity index (χ0v) is 15.2. The van der Waals surface area contributed by atoms with E-state index in [1.165, 1.54) is 13.2 Å². The summed E-state index contributed by atoms with van der Waals surface area (Å²) in [5.41, 5.74) is 3.38. The second-order valence-corrected chi connectivity index (χ2v) is 6.05. The number of imidazole rings is 1. The fraction of sp³-hybridized carbons (Fsp3) is 0.100. The molecule has 0 bridgehead atoms. The zero-order chi connectivity index (χ0) is 19.7. The number of fused-ring (bicyclic) bond motifs is 1. The van der Waals surface area contributed by atoms with E-state index < -0.39 is 11.8 Å². The van der Waals surface area contributed by atoms with E-state index in [1.54, 1.807) is 53.2 Å². The molecule has 4 rings (SSSR count). The van der Waals surface area contributed by atoms with Gasteiger partial charge in [0.15, 0.2) is 11.5 Å². The van der Waals surface area contributed by atoms with Crippen LogP contribution >= 0.6 is 0 Å². The summed E-state index contributed by atoms with van der Waals surface area (Å²) in [5, 5.41) is 3.09. The van der Waals surface area contributed by atoms with Gasteiger partial charge in [0.1, 0.15) is 0 Å². The lowest BCUT2D eigenvalue weighted by Crippen LogP contribution is -2.02. The molecule has 0 saturated carbocycles. The molecule has 3 aromatic heterocycles. The summed E-state index contributed by atoms with van der Waals surface area (Å²) in [4.78, 5) is 24.6. The number of esters is 1. The summed E-state index contributed by atoms with van der Waals surface area (Å²) < 4.78 is 20.4. The number of pyridine rings is 1. The Morgan fingerprint density at radius 2 is 1.93 bits per heavy atom. The predicted octanol–water partition coefficient (Wildman–Crippen LogP) is 3.77. The lowest BCUT2D eigenvalue weighted by Gasteiger charge is -2.08. The van der Waals surface area contributed by atoms with Crippen LogP contribution in [-0.2, 0) is 4.74 Å². The Morgan fingerprint density at radius 1 is 1.14 bits per heavy atom. The van der Waals surface area contributed by atoms with Gasteiger partial charge in [0, 0.05) is 18.1 Å². The molecule has 0 atom stereocenters. The van der Waals surface area contributed by atoms with Crippen LogP contribution in [0.2, 0.25) is 0 Å². The van der Waals surface area contributed by atoms with Gasteiger partial charge in [-0.15, -0.1) is 0 Å². The number of methoxy groups -OCH3 is 1. The van der Waals surface area contributed by atoms with Gasteiger partial charge in [-0.2, -0.15) is 0 Å². The second kappa shape index (κ2) is 7.07. The second-order valence-electron chi connectivity index (χ2n) is 6.05. The number of aromatic nitrogens is 4. The van der Waals surface area contributed by atoms with Gasteiger partial charge >= 0.3 is 5.97 Å². The van der Waals surface area contributed by atoms with E-state index in [1.807, 2.05) is 6.92 Å². The van der Waals surface area contributed by atoms with Crippen LogP contribution in [0.4, 0.5) is 16.0 Å². The molecule has 0 aliphatic carbocycles. The Hall–Kier alpha value is -3.81. The molecule has 0 aliphatic heterocycles. The first kappa shape index (κ1) is 17.6. The van der Waals surface area contributed by atoms with Crippen molar-refractivity contribution >= 4 is 23.3 Å². The zero-order valence-electron chi connectivity index (χ0n) is 15.2. The van der Waals surface area contributed by atoms with E-state index >= 15 is 0 Å². The van der Waals surface area contributed by atoms with Crippen LogP contribution in [0.3, 0.4) is 0 Å². The van der Waals surface area contributed by atoms with Crippen molar-refractivity contribution in [3.63, 3.8) is 0 Å². The summed E-state index contributed by atoms with van der Waals surface area (Å²) >= 11 is 0. The molecule has 3 heterocycles. The van der Waals surface area contributed by atoms with Crippen molar-refractivity contribution in [1.29, 1.82) is 0 Å². The van der Waals surface area contributed by atoms with Crippen molar-refractivity contribution < 1.29 is 13.9 Å². The third-order valence-electron chi connectivity index (χ3n) is 4.24. The Bertz CT molecular complexity index is 1170. The maximum atomic E-state index is 14.0. The third-order valence-corrected chi connectivity index (χ3v) is 4.24. The highest BCUT2D eigenvalue weighted by Gasteiger charge is 2.15. The predicted molar refractivity (Wildman–Crippen MR) is 102 cm³/mol. The van der Waals surface area contributed by atoms with E-state index in [0.717, 1.165) is 0 Å². The van der Waals surface area contributed by atoms with Gasteiger partial charge in [0.05, 0.1) is 29.8 Å². The molecule has 1 N–H and O–H groups in total. The molecule has 0 fully saturated rings. The number of aryl methyl sites for hydroxylation is 1. The average Bonchev–Trinajstić information content (AvgIpc) is 3.05. The molecule has 28 heavy (non-hydrogen) atoms. The van der Waals surface area contributed by atoms with E-state index in [2.05, 4.69) is 25.0 Å². The molecule has 140 valence electrons. The van der Waals surface area contributed by atoms with Gasteiger partial charge < -0.3 is 10.1 Å². The largest absolute Gasteiger partial charge is 0.465 e. The van der Waals surface area contributed by atoms with Crippen LogP contribution in [0.15, 0.2) is 54.9 Å². The van der Waals surface area contributed by atoms with Gasteiger partial charge in [-0.1, -0.05) is 0 Å². The smallest absolute Gasteiger partial charge is 0.337 e. The molecule has 7 nitrogen and oxygen atoms in total. The number of hydrogen-bond acceptors (Lipinski definition) is 6. The Balaban J connectivity index is 1.67. The van der Waals surface area contributed by atoms with Crippen molar-refractivity contribution in [2.45, 2.75) is 6.92 Å². The maximum Gasteiger partial charge on any atom is 0.337 e. The number of carbonyl (C=O) groups excluding carboxylic acids is 1. The highest BCUT2D eigenvalue weighted by Crippen LogP contribution is 2.25. The monoisotopic (exact) mass is 377 g/mol. The number of carbonyl (C=O) groups is 1. The highest BCUT2D eigenvalue weighted by molar-refractivity contribution is 5.89. The molecular formula is C20H16FN5O2. The molecule has 4 aromatic rings. The van der Waals surface area contributed by atoms with Crippen molar-refractivity contribution in [2.75, 3.05) is 12.4 Å². The number of anilines is 2. The number of nitrogens with zero attached hydrogens (tertiary/aromatic N) is 4. The quantitative estimate of drug-likeness (QED) is 0.545. The van der Waals surface area contributed by atoms with E-state index in [-0.39, 0.29) is 5.65 Å². The van der Waals surface area contributed by atoms with Crippen LogP contribution < -0.4 is 5.32 Å². The molecule has 0 unspecified atom stereocenters. The minimum atomic E-state index is -0.403. The summed E-state index contributed by atoms with van der Waals surface area (Å²) in [6.45, 7) is 1.81. The van der Waals surface area contributed by atoms with Gasteiger partial charge in [-0.3, -0.25) is 4.40 Å². The normalized spacial score (nSPS) is 10.8. The fourth-order valence-corrected chi connectivity index (χ4v) is 2.94. The minimum absolute atomic E-state index is 0.251. The minimum Gasteiger partial charge on any atom is -0.465 e. The number of nitrogens with one attached hydrogen (secondary N) is 1. The Labute approximate surface area is 159 Å². The molecule has 0 saturated heterocycles. The van der Waals surface area contributed by atoms with Gasteiger partial charge in [-0.05, 0) is 49.4 Å². The lowest BCUT2D eigenvalue weighted by molar-refractivity contribution is 0.0601.